The number of benzene rings is 1. The van der Waals surface area contributed by atoms with Crippen LogP contribution in [0.15, 0.2) is 22.7 Å². The zero-order chi connectivity index (χ0) is 13.9. The summed E-state index contributed by atoms with van der Waals surface area (Å²) in [6.45, 7) is 5.66. The topological polar surface area (TPSA) is 6.48 Å². The van der Waals surface area contributed by atoms with Crippen LogP contribution in [0.2, 0.25) is 0 Å². The van der Waals surface area contributed by atoms with Gasteiger partial charge in [-0.2, -0.15) is 0 Å². The summed E-state index contributed by atoms with van der Waals surface area (Å²) in [5.74, 6) is -0.152. The summed E-state index contributed by atoms with van der Waals surface area (Å²) in [5.41, 5.74) is 1.07. The van der Waals surface area contributed by atoms with Gasteiger partial charge in [-0.15, -0.1) is 0 Å². The van der Waals surface area contributed by atoms with Crippen LogP contribution in [0.5, 0.6) is 0 Å². The Morgan fingerprint density at radius 2 is 1.90 bits per heavy atom. The first-order valence-electron chi connectivity index (χ1n) is 7.62. The fourth-order valence-electron chi connectivity index (χ4n) is 3.50. The van der Waals surface area contributed by atoms with Crippen LogP contribution in [0, 0.1) is 5.82 Å². The minimum absolute atomic E-state index is 0.152. The van der Waals surface area contributed by atoms with Gasteiger partial charge in [-0.3, -0.25) is 9.80 Å². The Morgan fingerprint density at radius 1 is 1.10 bits per heavy atom. The molecule has 2 heterocycles. The van der Waals surface area contributed by atoms with Crippen LogP contribution in [0.4, 0.5) is 4.39 Å². The Labute approximate surface area is 129 Å². The average molecular weight is 341 g/mol. The van der Waals surface area contributed by atoms with Gasteiger partial charge in [-0.25, -0.2) is 4.39 Å². The maximum Gasteiger partial charge on any atom is 0.124 e. The van der Waals surface area contributed by atoms with Crippen molar-refractivity contribution in [1.29, 1.82) is 0 Å². The highest BCUT2D eigenvalue weighted by Gasteiger charge is 2.28. The van der Waals surface area contributed by atoms with E-state index in [4.69, 9.17) is 0 Å². The summed E-state index contributed by atoms with van der Waals surface area (Å²) in [4.78, 5) is 5.12. The summed E-state index contributed by atoms with van der Waals surface area (Å²) in [6, 6.07) is 5.91. The van der Waals surface area contributed by atoms with Crippen LogP contribution >= 0.6 is 15.9 Å². The average Bonchev–Trinajstić information content (AvgIpc) is 2.87. The molecule has 110 valence electrons. The minimum Gasteiger partial charge on any atom is -0.299 e. The van der Waals surface area contributed by atoms with Crippen LogP contribution in [0.25, 0.3) is 0 Å². The molecule has 2 nitrogen and oxygen atoms in total. The van der Waals surface area contributed by atoms with Crippen molar-refractivity contribution in [3.63, 3.8) is 0 Å². The Bertz CT molecular complexity index is 440. The molecule has 2 saturated heterocycles. The van der Waals surface area contributed by atoms with Crippen LogP contribution < -0.4 is 0 Å². The molecule has 0 radical (unpaired) electrons. The van der Waals surface area contributed by atoms with Gasteiger partial charge in [0.1, 0.15) is 5.82 Å². The van der Waals surface area contributed by atoms with E-state index in [1.165, 1.54) is 44.8 Å². The molecule has 1 aromatic rings. The Kier molecular flexibility index (Phi) is 4.74. The highest BCUT2D eigenvalue weighted by molar-refractivity contribution is 9.10. The molecule has 20 heavy (non-hydrogen) atoms. The van der Waals surface area contributed by atoms with E-state index >= 15 is 0 Å². The smallest absolute Gasteiger partial charge is 0.124 e. The van der Waals surface area contributed by atoms with Gasteiger partial charge in [-0.05, 0) is 56.1 Å². The Balaban J connectivity index is 1.57. The van der Waals surface area contributed by atoms with Gasteiger partial charge in [0.15, 0.2) is 0 Å². The van der Waals surface area contributed by atoms with Crippen molar-refractivity contribution in [1.82, 2.24) is 9.80 Å². The van der Waals surface area contributed by atoms with Crippen molar-refractivity contribution in [3.8, 4) is 0 Å². The molecule has 1 aromatic carbocycles. The molecule has 3 rings (SSSR count). The van der Waals surface area contributed by atoms with Gasteiger partial charge >= 0.3 is 0 Å². The van der Waals surface area contributed by atoms with Crippen molar-refractivity contribution in [2.75, 3.05) is 26.2 Å². The lowest BCUT2D eigenvalue weighted by atomic mass is 10.1. The lowest BCUT2D eigenvalue weighted by Crippen LogP contribution is -2.40. The number of nitrogens with zero attached hydrogens (tertiary/aromatic N) is 2. The molecule has 2 fully saturated rings. The summed E-state index contributed by atoms with van der Waals surface area (Å²) < 4.78 is 14.2. The standard InChI is InChI=1S/C16H22BrFN2/c17-14-8-13(9-15(18)10-14)11-19-7-4-16(12-19)20-5-2-1-3-6-20/h8-10,16H,1-7,11-12H2. The third-order valence-electron chi connectivity index (χ3n) is 4.48. The van der Waals surface area contributed by atoms with Crippen molar-refractivity contribution in [2.24, 2.45) is 0 Å². The van der Waals surface area contributed by atoms with Crippen LogP contribution in [0.3, 0.4) is 0 Å². The third-order valence-corrected chi connectivity index (χ3v) is 4.94. The molecule has 0 aromatic heterocycles. The van der Waals surface area contributed by atoms with Crippen LogP contribution in [-0.2, 0) is 6.54 Å². The lowest BCUT2D eigenvalue weighted by Gasteiger charge is -2.32. The summed E-state index contributed by atoms with van der Waals surface area (Å²) in [6.07, 6.45) is 5.36. The number of rotatable bonds is 3. The number of hydrogen-bond donors (Lipinski definition) is 0. The molecular weight excluding hydrogens is 319 g/mol. The second-order valence-corrected chi connectivity index (χ2v) is 6.97. The predicted octanol–water partition coefficient (Wildman–Crippen LogP) is 3.65. The number of piperidine rings is 1. The number of halogens is 2. The summed E-state index contributed by atoms with van der Waals surface area (Å²) >= 11 is 3.37. The first kappa shape index (κ1) is 14.5. The highest BCUT2D eigenvalue weighted by atomic mass is 79.9. The van der Waals surface area contributed by atoms with E-state index < -0.39 is 0 Å². The number of likely N-dealkylation sites (tertiary alicyclic amines) is 2. The zero-order valence-corrected chi connectivity index (χ0v) is 13.4. The van der Waals surface area contributed by atoms with Crippen molar-refractivity contribution in [2.45, 2.75) is 38.3 Å². The van der Waals surface area contributed by atoms with Crippen molar-refractivity contribution >= 4 is 15.9 Å². The van der Waals surface area contributed by atoms with E-state index in [1.807, 2.05) is 6.07 Å². The third kappa shape index (κ3) is 3.60. The molecular formula is C16H22BrFN2. The molecule has 0 amide bonds. The van der Waals surface area contributed by atoms with Gasteiger partial charge in [0, 0.05) is 30.1 Å². The summed E-state index contributed by atoms with van der Waals surface area (Å²) in [7, 11) is 0. The highest BCUT2D eigenvalue weighted by Crippen LogP contribution is 2.23. The lowest BCUT2D eigenvalue weighted by molar-refractivity contribution is 0.161. The number of hydrogen-bond acceptors (Lipinski definition) is 2. The molecule has 0 saturated carbocycles. The van der Waals surface area contributed by atoms with E-state index in [-0.39, 0.29) is 5.82 Å². The first-order chi connectivity index (χ1) is 9.70. The minimum atomic E-state index is -0.152. The molecule has 4 heteroatoms. The van der Waals surface area contributed by atoms with E-state index in [1.54, 1.807) is 6.07 Å². The van der Waals surface area contributed by atoms with Gasteiger partial charge in [0.2, 0.25) is 0 Å². The molecule has 2 aliphatic rings. The van der Waals surface area contributed by atoms with Crippen molar-refractivity contribution < 1.29 is 4.39 Å². The van der Waals surface area contributed by atoms with Crippen molar-refractivity contribution in [3.05, 3.63) is 34.1 Å². The van der Waals surface area contributed by atoms with Gasteiger partial charge < -0.3 is 0 Å². The van der Waals surface area contributed by atoms with Gasteiger partial charge in [0.25, 0.3) is 0 Å². The molecule has 0 aliphatic carbocycles. The predicted molar refractivity (Wildman–Crippen MR) is 83.2 cm³/mol. The Morgan fingerprint density at radius 3 is 2.65 bits per heavy atom. The molecule has 0 N–H and O–H groups in total. The second kappa shape index (κ2) is 6.54. The van der Waals surface area contributed by atoms with E-state index in [2.05, 4.69) is 25.7 Å². The molecule has 1 atom stereocenters. The zero-order valence-electron chi connectivity index (χ0n) is 11.8. The van der Waals surface area contributed by atoms with Gasteiger partial charge in [-0.1, -0.05) is 22.4 Å². The van der Waals surface area contributed by atoms with Gasteiger partial charge in [0.05, 0.1) is 0 Å². The second-order valence-electron chi connectivity index (χ2n) is 6.05. The largest absolute Gasteiger partial charge is 0.299 e. The first-order valence-corrected chi connectivity index (χ1v) is 8.41. The van der Waals surface area contributed by atoms with Crippen LogP contribution in [0.1, 0.15) is 31.2 Å². The van der Waals surface area contributed by atoms with E-state index in [0.717, 1.165) is 29.7 Å². The van der Waals surface area contributed by atoms with E-state index in [9.17, 15) is 4.39 Å². The van der Waals surface area contributed by atoms with E-state index in [0.29, 0.717) is 6.04 Å². The maximum absolute atomic E-state index is 13.4. The molecule has 1 unspecified atom stereocenters. The SMILES string of the molecule is Fc1cc(Br)cc(CN2CCC(N3CCCCC3)C2)c1. The molecule has 2 aliphatic heterocycles. The quantitative estimate of drug-likeness (QED) is 0.828. The fraction of sp³-hybridized carbons (Fsp3) is 0.625. The Hall–Kier alpha value is -0.450. The molecule has 0 bridgehead atoms. The summed E-state index contributed by atoms with van der Waals surface area (Å²) in [5, 5.41) is 0. The fourth-order valence-corrected chi connectivity index (χ4v) is 4.01. The maximum atomic E-state index is 13.4. The molecule has 0 spiro atoms. The monoisotopic (exact) mass is 340 g/mol. The van der Waals surface area contributed by atoms with Crippen LogP contribution in [-0.4, -0.2) is 42.0 Å². The normalized spacial score (nSPS) is 25.2.